The molecule has 0 saturated carbocycles. The van der Waals surface area contributed by atoms with Gasteiger partial charge in [0.2, 0.25) is 11.8 Å². The van der Waals surface area contributed by atoms with Crippen molar-refractivity contribution in [3.63, 3.8) is 0 Å². The van der Waals surface area contributed by atoms with Crippen LogP contribution in [0.1, 0.15) is 24.5 Å². The lowest BCUT2D eigenvalue weighted by atomic mass is 10.1. The number of nitrogens with one attached hydrogen (secondary N) is 1. The van der Waals surface area contributed by atoms with Gasteiger partial charge in [0.15, 0.2) is 11.5 Å². The Balaban J connectivity index is 1.58. The fourth-order valence-electron chi connectivity index (χ4n) is 3.65. The maximum atomic E-state index is 12.7. The Bertz CT molecular complexity index is 881. The van der Waals surface area contributed by atoms with Crippen molar-refractivity contribution in [3.05, 3.63) is 53.6 Å². The summed E-state index contributed by atoms with van der Waals surface area (Å²) in [6, 6.07) is 13.5. The molecule has 1 saturated heterocycles. The first-order chi connectivity index (χ1) is 14.0. The zero-order valence-corrected chi connectivity index (χ0v) is 17.2. The van der Waals surface area contributed by atoms with Gasteiger partial charge in [-0.1, -0.05) is 31.2 Å². The molecule has 29 heavy (non-hydrogen) atoms. The molecular formula is C23H28N2O4. The van der Waals surface area contributed by atoms with E-state index in [9.17, 15) is 9.59 Å². The van der Waals surface area contributed by atoms with E-state index < -0.39 is 0 Å². The highest BCUT2D eigenvalue weighted by Crippen LogP contribution is 2.28. The minimum Gasteiger partial charge on any atom is -0.493 e. The zero-order valence-electron chi connectivity index (χ0n) is 17.2. The Morgan fingerprint density at radius 2 is 1.90 bits per heavy atom. The van der Waals surface area contributed by atoms with E-state index >= 15 is 0 Å². The summed E-state index contributed by atoms with van der Waals surface area (Å²) in [6.07, 6.45) is 1.79. The molecule has 1 aliphatic rings. The lowest BCUT2D eigenvalue weighted by Gasteiger charge is -2.17. The van der Waals surface area contributed by atoms with Crippen molar-refractivity contribution in [3.8, 4) is 11.5 Å². The number of para-hydroxylation sites is 1. The Hall–Kier alpha value is -3.02. The molecule has 0 bridgehead atoms. The van der Waals surface area contributed by atoms with E-state index in [1.54, 1.807) is 19.1 Å². The fourth-order valence-corrected chi connectivity index (χ4v) is 3.65. The standard InChI is InChI=1S/C23H28N2O4/c1-4-17-7-5-6-8-19(17)24-23(27)18-14-22(26)25(15-18)12-11-16-9-10-20(28-2)21(13-16)29-3/h5-10,13,18H,4,11-12,14-15H2,1-3H3,(H,24,27). The lowest BCUT2D eigenvalue weighted by molar-refractivity contribution is -0.128. The fraction of sp³-hybridized carbons (Fsp3) is 0.391. The third-order valence-corrected chi connectivity index (χ3v) is 5.36. The number of ether oxygens (including phenoxy) is 2. The molecule has 1 heterocycles. The van der Waals surface area contributed by atoms with Gasteiger partial charge in [0.25, 0.3) is 0 Å². The van der Waals surface area contributed by atoms with E-state index in [0.717, 1.165) is 23.2 Å². The first kappa shape index (κ1) is 20.7. The predicted octanol–water partition coefficient (Wildman–Crippen LogP) is 3.30. The Labute approximate surface area is 171 Å². The van der Waals surface area contributed by atoms with Crippen LogP contribution >= 0.6 is 0 Å². The maximum absolute atomic E-state index is 12.7. The molecule has 0 aromatic heterocycles. The number of hydrogen-bond donors (Lipinski definition) is 1. The van der Waals surface area contributed by atoms with Gasteiger partial charge in [-0.05, 0) is 42.2 Å². The second-order valence-electron chi connectivity index (χ2n) is 7.18. The van der Waals surface area contributed by atoms with Crippen molar-refractivity contribution in [2.75, 3.05) is 32.6 Å². The average molecular weight is 396 g/mol. The molecule has 2 amide bonds. The number of methoxy groups -OCH3 is 2. The first-order valence-electron chi connectivity index (χ1n) is 9.93. The van der Waals surface area contributed by atoms with Gasteiger partial charge in [-0.25, -0.2) is 0 Å². The Morgan fingerprint density at radius 1 is 1.14 bits per heavy atom. The van der Waals surface area contributed by atoms with Crippen molar-refractivity contribution < 1.29 is 19.1 Å². The number of anilines is 1. The van der Waals surface area contributed by atoms with Crippen LogP contribution in [-0.4, -0.2) is 44.0 Å². The number of carbonyl (C=O) groups is 2. The van der Waals surface area contributed by atoms with E-state index in [2.05, 4.69) is 12.2 Å². The van der Waals surface area contributed by atoms with Crippen LogP contribution in [0.15, 0.2) is 42.5 Å². The number of rotatable bonds is 8. The lowest BCUT2D eigenvalue weighted by Crippen LogP contribution is -2.30. The second-order valence-corrected chi connectivity index (χ2v) is 7.18. The third kappa shape index (κ3) is 4.88. The molecule has 154 valence electrons. The largest absolute Gasteiger partial charge is 0.493 e. The smallest absolute Gasteiger partial charge is 0.229 e. The summed E-state index contributed by atoms with van der Waals surface area (Å²) in [5.74, 6) is 0.960. The van der Waals surface area contributed by atoms with E-state index in [0.29, 0.717) is 31.0 Å². The van der Waals surface area contributed by atoms with Crippen LogP contribution in [0, 0.1) is 5.92 Å². The average Bonchev–Trinajstić information content (AvgIpc) is 3.13. The third-order valence-electron chi connectivity index (χ3n) is 5.36. The number of benzene rings is 2. The summed E-state index contributed by atoms with van der Waals surface area (Å²) >= 11 is 0. The summed E-state index contributed by atoms with van der Waals surface area (Å²) in [4.78, 5) is 26.9. The van der Waals surface area contributed by atoms with Crippen molar-refractivity contribution in [2.24, 2.45) is 5.92 Å². The van der Waals surface area contributed by atoms with Gasteiger partial charge in [-0.3, -0.25) is 9.59 Å². The molecule has 6 heteroatoms. The van der Waals surface area contributed by atoms with Crippen LogP contribution in [0.2, 0.25) is 0 Å². The highest BCUT2D eigenvalue weighted by molar-refractivity contribution is 5.97. The van der Waals surface area contributed by atoms with Crippen molar-refractivity contribution >= 4 is 17.5 Å². The number of carbonyl (C=O) groups excluding carboxylic acids is 2. The molecule has 1 aliphatic heterocycles. The van der Waals surface area contributed by atoms with Gasteiger partial charge >= 0.3 is 0 Å². The SMILES string of the molecule is CCc1ccccc1NC(=O)C1CC(=O)N(CCc2ccc(OC)c(OC)c2)C1. The molecule has 0 radical (unpaired) electrons. The molecule has 1 atom stereocenters. The van der Waals surface area contributed by atoms with E-state index in [1.165, 1.54) is 0 Å². The van der Waals surface area contributed by atoms with E-state index in [4.69, 9.17) is 9.47 Å². The summed E-state index contributed by atoms with van der Waals surface area (Å²) in [5, 5.41) is 3.00. The zero-order chi connectivity index (χ0) is 20.8. The Kier molecular flexibility index (Phi) is 6.75. The van der Waals surface area contributed by atoms with Crippen LogP contribution in [0.4, 0.5) is 5.69 Å². The minimum absolute atomic E-state index is 0.0226. The number of hydrogen-bond acceptors (Lipinski definition) is 4. The van der Waals surface area contributed by atoms with Crippen LogP contribution < -0.4 is 14.8 Å². The molecule has 0 spiro atoms. The number of likely N-dealkylation sites (tertiary alicyclic amines) is 1. The molecule has 1 N–H and O–H groups in total. The highest BCUT2D eigenvalue weighted by atomic mass is 16.5. The van der Waals surface area contributed by atoms with E-state index in [1.807, 2.05) is 42.5 Å². The molecule has 1 unspecified atom stereocenters. The number of amides is 2. The first-order valence-corrected chi connectivity index (χ1v) is 9.93. The summed E-state index contributed by atoms with van der Waals surface area (Å²) < 4.78 is 10.6. The van der Waals surface area contributed by atoms with Crippen molar-refractivity contribution in [1.82, 2.24) is 4.90 Å². The monoisotopic (exact) mass is 396 g/mol. The molecule has 0 aliphatic carbocycles. The topological polar surface area (TPSA) is 67.9 Å². The minimum atomic E-state index is -0.321. The second kappa shape index (κ2) is 9.45. The van der Waals surface area contributed by atoms with Crippen LogP contribution in [0.3, 0.4) is 0 Å². The van der Waals surface area contributed by atoms with Gasteiger partial charge < -0.3 is 19.7 Å². The van der Waals surface area contributed by atoms with Gasteiger partial charge in [-0.15, -0.1) is 0 Å². The molecule has 2 aromatic carbocycles. The molecule has 3 rings (SSSR count). The van der Waals surface area contributed by atoms with Crippen molar-refractivity contribution in [1.29, 1.82) is 0 Å². The number of aryl methyl sites for hydroxylation is 1. The van der Waals surface area contributed by atoms with Crippen molar-refractivity contribution in [2.45, 2.75) is 26.2 Å². The molecule has 2 aromatic rings. The molecule has 6 nitrogen and oxygen atoms in total. The van der Waals surface area contributed by atoms with Gasteiger partial charge in [0.05, 0.1) is 20.1 Å². The molecule has 1 fully saturated rings. The summed E-state index contributed by atoms with van der Waals surface area (Å²) in [5.41, 5.74) is 2.98. The van der Waals surface area contributed by atoms with Gasteiger partial charge in [0, 0.05) is 25.2 Å². The van der Waals surface area contributed by atoms with Crippen LogP contribution in [-0.2, 0) is 22.4 Å². The van der Waals surface area contributed by atoms with Crippen LogP contribution in [0.5, 0.6) is 11.5 Å². The Morgan fingerprint density at radius 3 is 2.62 bits per heavy atom. The summed E-state index contributed by atoms with van der Waals surface area (Å²) in [7, 11) is 3.20. The highest BCUT2D eigenvalue weighted by Gasteiger charge is 2.34. The maximum Gasteiger partial charge on any atom is 0.229 e. The predicted molar refractivity (Wildman–Crippen MR) is 112 cm³/mol. The van der Waals surface area contributed by atoms with Gasteiger partial charge in [0.1, 0.15) is 0 Å². The normalized spacial score (nSPS) is 16.0. The van der Waals surface area contributed by atoms with Gasteiger partial charge in [-0.2, -0.15) is 0 Å². The van der Waals surface area contributed by atoms with Crippen LogP contribution in [0.25, 0.3) is 0 Å². The quantitative estimate of drug-likeness (QED) is 0.743. The van der Waals surface area contributed by atoms with E-state index in [-0.39, 0.29) is 24.2 Å². The molecular weight excluding hydrogens is 368 g/mol. The number of nitrogens with zero attached hydrogens (tertiary/aromatic N) is 1. The summed E-state index contributed by atoms with van der Waals surface area (Å²) in [6.45, 7) is 3.08.